The summed E-state index contributed by atoms with van der Waals surface area (Å²) in [5, 5.41) is 4.27. The Morgan fingerprint density at radius 3 is 2.56 bits per heavy atom. The van der Waals surface area contributed by atoms with Gasteiger partial charge in [0.25, 0.3) is 0 Å². The van der Waals surface area contributed by atoms with Gasteiger partial charge in [-0.05, 0) is 30.8 Å². The average molecular weight is 268 g/mol. The molecular weight excluding hydrogens is 247 g/mol. The van der Waals surface area contributed by atoms with E-state index >= 15 is 0 Å². The number of thioether (sulfide) groups is 1. The lowest BCUT2D eigenvalue weighted by molar-refractivity contribution is 0.621. The summed E-state index contributed by atoms with van der Waals surface area (Å²) in [4.78, 5) is 2.30. The van der Waals surface area contributed by atoms with Gasteiger partial charge < -0.3 is 10.2 Å². The van der Waals surface area contributed by atoms with Crippen molar-refractivity contribution in [1.82, 2.24) is 5.32 Å². The highest BCUT2D eigenvalue weighted by atomic mass is 32.2. The molecule has 1 aromatic carbocycles. The van der Waals surface area contributed by atoms with Gasteiger partial charge in [0.1, 0.15) is 5.82 Å². The van der Waals surface area contributed by atoms with E-state index in [0.717, 1.165) is 24.3 Å². The number of hydrogen-bond donors (Lipinski definition) is 1. The summed E-state index contributed by atoms with van der Waals surface area (Å²) in [6, 6.07) is 5.34. The standard InChI is InChI=1S/C14H21FN2S/c1-10-8-17(9-11(2)18-10)14-5-12(7-16-3)4-13(15)6-14/h4-6,10-11,16H,7-9H2,1-3H3. The molecule has 0 aromatic heterocycles. The molecule has 18 heavy (non-hydrogen) atoms. The molecule has 0 spiro atoms. The van der Waals surface area contributed by atoms with Crippen LogP contribution >= 0.6 is 11.8 Å². The smallest absolute Gasteiger partial charge is 0.125 e. The molecule has 0 amide bonds. The fraction of sp³-hybridized carbons (Fsp3) is 0.571. The van der Waals surface area contributed by atoms with Gasteiger partial charge in [-0.15, -0.1) is 0 Å². The number of anilines is 1. The number of nitrogens with one attached hydrogen (secondary N) is 1. The van der Waals surface area contributed by atoms with Crippen LogP contribution in [-0.4, -0.2) is 30.6 Å². The van der Waals surface area contributed by atoms with E-state index in [1.54, 1.807) is 12.1 Å². The van der Waals surface area contributed by atoms with Crippen molar-refractivity contribution in [2.24, 2.45) is 0 Å². The Morgan fingerprint density at radius 1 is 1.28 bits per heavy atom. The van der Waals surface area contributed by atoms with Crippen molar-refractivity contribution < 1.29 is 4.39 Å². The maximum absolute atomic E-state index is 13.6. The van der Waals surface area contributed by atoms with E-state index in [1.165, 1.54) is 0 Å². The molecule has 0 bridgehead atoms. The van der Waals surface area contributed by atoms with Gasteiger partial charge in [-0.2, -0.15) is 11.8 Å². The van der Waals surface area contributed by atoms with Crippen LogP contribution < -0.4 is 10.2 Å². The SMILES string of the molecule is CNCc1cc(F)cc(N2CC(C)SC(C)C2)c1. The Hall–Kier alpha value is -0.740. The zero-order chi connectivity index (χ0) is 13.1. The number of nitrogens with zero attached hydrogens (tertiary/aromatic N) is 1. The first-order valence-corrected chi connectivity index (χ1v) is 7.37. The molecule has 2 rings (SSSR count). The highest BCUT2D eigenvalue weighted by Crippen LogP contribution is 2.29. The molecule has 1 aliphatic heterocycles. The fourth-order valence-corrected chi connectivity index (χ4v) is 3.84. The lowest BCUT2D eigenvalue weighted by Gasteiger charge is -2.36. The van der Waals surface area contributed by atoms with E-state index in [4.69, 9.17) is 0 Å². The molecule has 4 heteroatoms. The maximum Gasteiger partial charge on any atom is 0.125 e. The molecule has 2 unspecified atom stereocenters. The highest BCUT2D eigenvalue weighted by molar-refractivity contribution is 8.00. The van der Waals surface area contributed by atoms with Crippen LogP contribution in [0.2, 0.25) is 0 Å². The van der Waals surface area contributed by atoms with Gasteiger partial charge in [0.2, 0.25) is 0 Å². The minimum absolute atomic E-state index is 0.142. The van der Waals surface area contributed by atoms with Crippen LogP contribution in [0.4, 0.5) is 10.1 Å². The molecule has 100 valence electrons. The first-order valence-electron chi connectivity index (χ1n) is 6.43. The number of halogens is 1. The van der Waals surface area contributed by atoms with E-state index in [9.17, 15) is 4.39 Å². The van der Waals surface area contributed by atoms with Gasteiger partial charge in [-0.1, -0.05) is 13.8 Å². The van der Waals surface area contributed by atoms with Crippen LogP contribution in [-0.2, 0) is 6.54 Å². The van der Waals surface area contributed by atoms with E-state index in [0.29, 0.717) is 17.0 Å². The molecule has 0 radical (unpaired) electrons. The predicted molar refractivity (Wildman–Crippen MR) is 77.9 cm³/mol. The summed E-state index contributed by atoms with van der Waals surface area (Å²) >= 11 is 2.01. The Morgan fingerprint density at radius 2 is 1.94 bits per heavy atom. The largest absolute Gasteiger partial charge is 0.369 e. The van der Waals surface area contributed by atoms with Crippen LogP contribution in [0.5, 0.6) is 0 Å². The summed E-state index contributed by atoms with van der Waals surface area (Å²) in [7, 11) is 1.88. The minimum Gasteiger partial charge on any atom is -0.369 e. The van der Waals surface area contributed by atoms with Gasteiger partial charge in [0.05, 0.1) is 0 Å². The molecule has 1 heterocycles. The van der Waals surface area contributed by atoms with E-state index in [-0.39, 0.29) is 5.82 Å². The van der Waals surface area contributed by atoms with Crippen molar-refractivity contribution in [3.63, 3.8) is 0 Å². The monoisotopic (exact) mass is 268 g/mol. The minimum atomic E-state index is -0.142. The quantitative estimate of drug-likeness (QED) is 0.907. The zero-order valence-corrected chi connectivity index (χ0v) is 12.1. The third-order valence-corrected chi connectivity index (χ3v) is 4.34. The lowest BCUT2D eigenvalue weighted by atomic mass is 10.1. The van der Waals surface area contributed by atoms with Crippen LogP contribution in [0.25, 0.3) is 0 Å². The first kappa shape index (κ1) is 13.7. The molecule has 0 aliphatic carbocycles. The molecule has 2 atom stereocenters. The zero-order valence-electron chi connectivity index (χ0n) is 11.2. The third-order valence-electron chi connectivity index (χ3n) is 3.11. The van der Waals surface area contributed by atoms with Crippen molar-refractivity contribution in [3.8, 4) is 0 Å². The van der Waals surface area contributed by atoms with E-state index in [2.05, 4.69) is 30.1 Å². The fourth-order valence-electron chi connectivity index (χ4n) is 2.51. The number of hydrogen-bond acceptors (Lipinski definition) is 3. The van der Waals surface area contributed by atoms with Crippen LogP contribution in [0.1, 0.15) is 19.4 Å². The second-order valence-electron chi connectivity index (χ2n) is 5.01. The normalized spacial score (nSPS) is 24.3. The topological polar surface area (TPSA) is 15.3 Å². The summed E-state index contributed by atoms with van der Waals surface area (Å²) < 4.78 is 13.6. The van der Waals surface area contributed by atoms with Crippen molar-refractivity contribution in [2.75, 3.05) is 25.0 Å². The van der Waals surface area contributed by atoms with Crippen molar-refractivity contribution in [2.45, 2.75) is 30.9 Å². The summed E-state index contributed by atoms with van der Waals surface area (Å²) in [6.45, 7) is 7.18. The lowest BCUT2D eigenvalue weighted by Crippen LogP contribution is -2.40. The molecule has 1 N–H and O–H groups in total. The second kappa shape index (κ2) is 5.93. The molecular formula is C14H21FN2S. The van der Waals surface area contributed by atoms with Gasteiger partial charge in [0.15, 0.2) is 0 Å². The molecule has 0 saturated carbocycles. The van der Waals surface area contributed by atoms with Crippen LogP contribution in [0.15, 0.2) is 18.2 Å². The van der Waals surface area contributed by atoms with Gasteiger partial charge in [-0.3, -0.25) is 0 Å². The first-order chi connectivity index (χ1) is 8.58. The summed E-state index contributed by atoms with van der Waals surface area (Å²) in [5.74, 6) is -0.142. The van der Waals surface area contributed by atoms with E-state index < -0.39 is 0 Å². The summed E-state index contributed by atoms with van der Waals surface area (Å²) in [6.07, 6.45) is 0. The molecule has 1 aliphatic rings. The maximum atomic E-state index is 13.6. The Bertz CT molecular complexity index is 401. The van der Waals surface area contributed by atoms with Crippen molar-refractivity contribution in [1.29, 1.82) is 0 Å². The van der Waals surface area contributed by atoms with Gasteiger partial charge in [-0.25, -0.2) is 4.39 Å². The Balaban J connectivity index is 2.21. The molecule has 1 fully saturated rings. The van der Waals surface area contributed by atoms with Gasteiger partial charge in [0, 0.05) is 35.8 Å². The van der Waals surface area contributed by atoms with Crippen LogP contribution in [0, 0.1) is 5.82 Å². The number of rotatable bonds is 3. The Labute approximate surface area is 113 Å². The average Bonchev–Trinajstić information content (AvgIpc) is 2.27. The van der Waals surface area contributed by atoms with Crippen molar-refractivity contribution >= 4 is 17.4 Å². The van der Waals surface area contributed by atoms with Crippen molar-refractivity contribution in [3.05, 3.63) is 29.6 Å². The molecule has 2 nitrogen and oxygen atoms in total. The van der Waals surface area contributed by atoms with Gasteiger partial charge >= 0.3 is 0 Å². The molecule has 1 saturated heterocycles. The third kappa shape index (κ3) is 3.39. The Kier molecular flexibility index (Phi) is 4.51. The predicted octanol–water partition coefficient (Wildman–Crippen LogP) is 2.88. The second-order valence-corrected chi connectivity index (χ2v) is 6.89. The van der Waals surface area contributed by atoms with E-state index in [1.807, 2.05) is 18.8 Å². The number of benzene rings is 1. The van der Waals surface area contributed by atoms with Crippen LogP contribution in [0.3, 0.4) is 0 Å². The molecule has 1 aromatic rings. The highest BCUT2D eigenvalue weighted by Gasteiger charge is 2.22. The summed E-state index contributed by atoms with van der Waals surface area (Å²) in [5.41, 5.74) is 2.02.